The van der Waals surface area contributed by atoms with E-state index in [1.165, 1.54) is 0 Å². The molecule has 0 spiro atoms. The minimum atomic E-state index is -1.13. The summed E-state index contributed by atoms with van der Waals surface area (Å²) in [6.07, 6.45) is 0. The SMILES string of the molecule is CNC1COCC1C(=O)NCC(=O)NCC(=O)O. The van der Waals surface area contributed by atoms with Gasteiger partial charge in [-0.1, -0.05) is 0 Å². The molecule has 1 rings (SSSR count). The zero-order valence-corrected chi connectivity index (χ0v) is 10.1. The monoisotopic (exact) mass is 259 g/mol. The fourth-order valence-corrected chi connectivity index (χ4v) is 1.63. The second-order valence-electron chi connectivity index (χ2n) is 3.93. The van der Waals surface area contributed by atoms with Crippen molar-refractivity contribution < 1.29 is 24.2 Å². The summed E-state index contributed by atoms with van der Waals surface area (Å²) in [4.78, 5) is 33.1. The molecule has 8 heteroatoms. The molecule has 8 nitrogen and oxygen atoms in total. The summed E-state index contributed by atoms with van der Waals surface area (Å²) in [6, 6.07) is -0.0629. The van der Waals surface area contributed by atoms with Crippen molar-refractivity contribution in [3.63, 3.8) is 0 Å². The summed E-state index contributed by atoms with van der Waals surface area (Å²) in [7, 11) is 1.74. The maximum Gasteiger partial charge on any atom is 0.322 e. The summed E-state index contributed by atoms with van der Waals surface area (Å²) >= 11 is 0. The van der Waals surface area contributed by atoms with E-state index in [0.29, 0.717) is 13.2 Å². The number of carbonyl (C=O) groups is 3. The molecule has 0 radical (unpaired) electrons. The van der Waals surface area contributed by atoms with E-state index in [1.54, 1.807) is 7.05 Å². The van der Waals surface area contributed by atoms with Crippen LogP contribution in [0, 0.1) is 5.92 Å². The summed E-state index contributed by atoms with van der Waals surface area (Å²) in [5, 5.41) is 15.9. The van der Waals surface area contributed by atoms with Crippen molar-refractivity contribution in [3.05, 3.63) is 0 Å². The van der Waals surface area contributed by atoms with Crippen molar-refractivity contribution in [2.45, 2.75) is 6.04 Å². The number of carbonyl (C=O) groups excluding carboxylic acids is 2. The van der Waals surface area contributed by atoms with Crippen LogP contribution >= 0.6 is 0 Å². The molecule has 0 aliphatic carbocycles. The molecule has 0 saturated carbocycles. The lowest BCUT2D eigenvalue weighted by atomic mass is 10.0. The van der Waals surface area contributed by atoms with Gasteiger partial charge >= 0.3 is 5.97 Å². The molecular weight excluding hydrogens is 242 g/mol. The van der Waals surface area contributed by atoms with Crippen molar-refractivity contribution in [2.75, 3.05) is 33.4 Å². The van der Waals surface area contributed by atoms with Gasteiger partial charge in [-0.3, -0.25) is 14.4 Å². The van der Waals surface area contributed by atoms with E-state index in [4.69, 9.17) is 9.84 Å². The van der Waals surface area contributed by atoms with Crippen LogP contribution in [0.15, 0.2) is 0 Å². The second-order valence-corrected chi connectivity index (χ2v) is 3.93. The number of amides is 2. The first-order valence-electron chi connectivity index (χ1n) is 5.55. The third-order valence-corrected chi connectivity index (χ3v) is 2.65. The van der Waals surface area contributed by atoms with Gasteiger partial charge in [0.2, 0.25) is 11.8 Å². The third kappa shape index (κ3) is 4.30. The highest BCUT2D eigenvalue weighted by atomic mass is 16.5. The molecule has 1 saturated heterocycles. The normalized spacial score (nSPS) is 22.5. The van der Waals surface area contributed by atoms with Gasteiger partial charge < -0.3 is 25.8 Å². The number of aliphatic carboxylic acids is 1. The van der Waals surface area contributed by atoms with E-state index < -0.39 is 18.4 Å². The van der Waals surface area contributed by atoms with Gasteiger partial charge in [0, 0.05) is 6.04 Å². The van der Waals surface area contributed by atoms with Crippen LogP contribution in [0.3, 0.4) is 0 Å². The first kappa shape index (κ1) is 14.4. The van der Waals surface area contributed by atoms with E-state index in [0.717, 1.165) is 0 Å². The van der Waals surface area contributed by atoms with E-state index in [2.05, 4.69) is 16.0 Å². The summed E-state index contributed by atoms with van der Waals surface area (Å²) in [5.41, 5.74) is 0. The van der Waals surface area contributed by atoms with Crippen LogP contribution < -0.4 is 16.0 Å². The van der Waals surface area contributed by atoms with Gasteiger partial charge in [0.05, 0.1) is 25.7 Å². The summed E-state index contributed by atoms with van der Waals surface area (Å²) < 4.78 is 5.17. The van der Waals surface area contributed by atoms with Gasteiger partial charge in [0.1, 0.15) is 6.54 Å². The molecule has 0 aromatic rings. The Bertz CT molecular complexity index is 333. The van der Waals surface area contributed by atoms with Crippen molar-refractivity contribution in [3.8, 4) is 0 Å². The standard InChI is InChI=1S/C10H17N3O5/c1-11-7-5-18-4-6(7)10(17)13-2-8(14)12-3-9(15)16/h6-7,11H,2-5H2,1H3,(H,12,14)(H,13,17)(H,15,16). The molecule has 2 unspecified atom stereocenters. The molecule has 102 valence electrons. The topological polar surface area (TPSA) is 117 Å². The smallest absolute Gasteiger partial charge is 0.322 e. The maximum absolute atomic E-state index is 11.7. The van der Waals surface area contributed by atoms with Crippen molar-refractivity contribution in [1.29, 1.82) is 0 Å². The number of carboxylic acids is 1. The molecule has 2 amide bonds. The van der Waals surface area contributed by atoms with Gasteiger partial charge in [-0.25, -0.2) is 0 Å². The third-order valence-electron chi connectivity index (χ3n) is 2.65. The molecule has 2 atom stereocenters. The molecule has 4 N–H and O–H groups in total. The Kier molecular flexibility index (Phi) is 5.53. The van der Waals surface area contributed by atoms with Gasteiger partial charge in [0.15, 0.2) is 0 Å². The highest BCUT2D eigenvalue weighted by Gasteiger charge is 2.32. The van der Waals surface area contributed by atoms with E-state index >= 15 is 0 Å². The molecule has 1 aliphatic rings. The van der Waals surface area contributed by atoms with Crippen LogP contribution in [0.25, 0.3) is 0 Å². The van der Waals surface area contributed by atoms with Crippen LogP contribution in [0.4, 0.5) is 0 Å². The lowest BCUT2D eigenvalue weighted by molar-refractivity contribution is -0.137. The molecule has 18 heavy (non-hydrogen) atoms. The van der Waals surface area contributed by atoms with Crippen LogP contribution in [0.5, 0.6) is 0 Å². The van der Waals surface area contributed by atoms with Crippen molar-refractivity contribution in [1.82, 2.24) is 16.0 Å². The van der Waals surface area contributed by atoms with E-state index in [-0.39, 0.29) is 24.4 Å². The second kappa shape index (κ2) is 6.92. The van der Waals surface area contributed by atoms with Gasteiger partial charge in [-0.05, 0) is 7.05 Å². The molecule has 1 aliphatic heterocycles. The molecule has 0 aromatic heterocycles. The summed E-state index contributed by atoms with van der Waals surface area (Å²) in [6.45, 7) is 0.0767. The van der Waals surface area contributed by atoms with Crippen LogP contribution in [-0.4, -0.2) is 62.3 Å². The summed E-state index contributed by atoms with van der Waals surface area (Å²) in [5.74, 6) is -2.28. The Morgan fingerprint density at radius 3 is 2.56 bits per heavy atom. The lowest BCUT2D eigenvalue weighted by Gasteiger charge is -2.16. The Labute approximate surface area is 104 Å². The number of ether oxygens (including phenoxy) is 1. The van der Waals surface area contributed by atoms with Crippen LogP contribution in [0.1, 0.15) is 0 Å². The number of hydrogen-bond donors (Lipinski definition) is 4. The Hall–Kier alpha value is -1.67. The Morgan fingerprint density at radius 1 is 1.22 bits per heavy atom. The van der Waals surface area contributed by atoms with Crippen molar-refractivity contribution >= 4 is 17.8 Å². The average Bonchev–Trinajstić information content (AvgIpc) is 2.81. The molecule has 1 heterocycles. The van der Waals surface area contributed by atoms with Crippen LogP contribution in [0.2, 0.25) is 0 Å². The Balaban J connectivity index is 2.28. The van der Waals surface area contributed by atoms with Crippen LogP contribution in [-0.2, 0) is 19.1 Å². The minimum Gasteiger partial charge on any atom is -0.480 e. The predicted molar refractivity (Wildman–Crippen MR) is 60.8 cm³/mol. The Morgan fingerprint density at radius 2 is 1.94 bits per heavy atom. The minimum absolute atomic E-state index is 0.0629. The lowest BCUT2D eigenvalue weighted by Crippen LogP contribution is -2.46. The number of nitrogens with one attached hydrogen (secondary N) is 3. The molecule has 1 fully saturated rings. The molecule has 0 bridgehead atoms. The van der Waals surface area contributed by atoms with Gasteiger partial charge in [-0.2, -0.15) is 0 Å². The molecule has 0 aromatic carbocycles. The zero-order chi connectivity index (χ0) is 13.5. The van der Waals surface area contributed by atoms with Gasteiger partial charge in [0.25, 0.3) is 0 Å². The highest BCUT2D eigenvalue weighted by Crippen LogP contribution is 2.12. The first-order chi connectivity index (χ1) is 8.54. The average molecular weight is 259 g/mol. The zero-order valence-electron chi connectivity index (χ0n) is 10.1. The number of rotatable bonds is 6. The number of hydrogen-bond acceptors (Lipinski definition) is 5. The highest BCUT2D eigenvalue weighted by molar-refractivity contribution is 5.87. The van der Waals surface area contributed by atoms with Crippen molar-refractivity contribution in [2.24, 2.45) is 5.92 Å². The fourth-order valence-electron chi connectivity index (χ4n) is 1.63. The molecular formula is C10H17N3O5. The number of carboxylic acid groups (broad SMARTS) is 1. The van der Waals surface area contributed by atoms with Gasteiger partial charge in [-0.15, -0.1) is 0 Å². The first-order valence-corrected chi connectivity index (χ1v) is 5.55. The largest absolute Gasteiger partial charge is 0.480 e. The number of likely N-dealkylation sites (N-methyl/N-ethyl adjacent to an activating group) is 1. The fraction of sp³-hybridized carbons (Fsp3) is 0.700. The van der Waals surface area contributed by atoms with E-state index in [1.807, 2.05) is 0 Å². The predicted octanol–water partition coefficient (Wildman–Crippen LogP) is -2.46. The maximum atomic E-state index is 11.7. The van der Waals surface area contributed by atoms with E-state index in [9.17, 15) is 14.4 Å². The quantitative estimate of drug-likeness (QED) is 0.420.